The molecule has 3 aromatic rings. The van der Waals surface area contributed by atoms with Crippen molar-refractivity contribution in [3.63, 3.8) is 0 Å². The van der Waals surface area contributed by atoms with Crippen molar-refractivity contribution in [2.24, 2.45) is 5.92 Å². The first kappa shape index (κ1) is 31.5. The summed E-state index contributed by atoms with van der Waals surface area (Å²) in [6.07, 6.45) is 2.24. The van der Waals surface area contributed by atoms with Crippen LogP contribution in [0.3, 0.4) is 0 Å². The molecule has 0 aliphatic heterocycles. The van der Waals surface area contributed by atoms with Crippen LogP contribution in [0.15, 0.2) is 54.7 Å². The minimum absolute atomic E-state index is 0.0632. The van der Waals surface area contributed by atoms with Gasteiger partial charge >= 0.3 is 12.2 Å². The van der Waals surface area contributed by atoms with E-state index in [0.29, 0.717) is 31.6 Å². The lowest BCUT2D eigenvalue weighted by atomic mass is 10.0. The fourth-order valence-electron chi connectivity index (χ4n) is 4.37. The topological polar surface area (TPSA) is 125 Å². The van der Waals surface area contributed by atoms with E-state index in [0.717, 1.165) is 39.5 Å². The molecule has 0 fully saturated rings. The van der Waals surface area contributed by atoms with Crippen LogP contribution in [0.1, 0.15) is 37.8 Å². The molecular weight excluding hydrogens is 546 g/mol. The molecule has 2 N–H and O–H groups in total. The molecule has 2 aromatic carbocycles. The Hall–Kier alpha value is -3.99. The molecule has 41 heavy (non-hydrogen) atoms. The minimum Gasteiger partial charge on any atom is -0.497 e. The molecule has 1 heterocycles. The van der Waals surface area contributed by atoms with Gasteiger partial charge in [-0.25, -0.2) is 9.59 Å². The predicted molar refractivity (Wildman–Crippen MR) is 158 cm³/mol. The number of nitrogens with one attached hydrogen (secondary N) is 2. The maximum Gasteiger partial charge on any atom is 0.418 e. The standard InChI is InChI=1S/C30H37N3O7S/c1-20(16-24-17-33(30(37)39-4)27-10-6-5-9-26(24)27)32-28(35)23(19-41-21(2)34)8-7-15-31-29(36)40-18-22-11-13-25(38-3)14-12-22/h5-6,9-14,17,20,23H,7-8,15-16,18-19H2,1-4H3,(H,31,36)(H,32,35)/t20-,23?/m1/s1. The first-order chi connectivity index (χ1) is 19.7. The van der Waals surface area contributed by atoms with E-state index in [1.807, 2.05) is 43.3 Å². The van der Waals surface area contributed by atoms with Crippen LogP contribution in [0, 0.1) is 5.92 Å². The quantitative estimate of drug-likeness (QED) is 0.272. The summed E-state index contributed by atoms with van der Waals surface area (Å²) in [5, 5.41) is 6.61. The summed E-state index contributed by atoms with van der Waals surface area (Å²) in [7, 11) is 2.92. The highest BCUT2D eigenvalue weighted by atomic mass is 32.2. The van der Waals surface area contributed by atoms with Crippen molar-refractivity contribution in [2.75, 3.05) is 26.5 Å². The van der Waals surface area contributed by atoms with Gasteiger partial charge in [0, 0.05) is 42.8 Å². The van der Waals surface area contributed by atoms with E-state index in [1.54, 1.807) is 25.4 Å². The number of para-hydroxylation sites is 1. The molecule has 0 radical (unpaired) electrons. The third-order valence-electron chi connectivity index (χ3n) is 6.47. The number of fused-ring (bicyclic) bond motifs is 1. The van der Waals surface area contributed by atoms with Gasteiger partial charge in [-0.05, 0) is 55.5 Å². The van der Waals surface area contributed by atoms with Crippen LogP contribution in [0.4, 0.5) is 9.59 Å². The van der Waals surface area contributed by atoms with Gasteiger partial charge in [-0.15, -0.1) is 0 Å². The summed E-state index contributed by atoms with van der Waals surface area (Å²) in [4.78, 5) is 49.1. The summed E-state index contributed by atoms with van der Waals surface area (Å²) in [5.74, 6) is 0.488. The molecule has 2 amide bonds. The molecule has 0 bridgehead atoms. The van der Waals surface area contributed by atoms with E-state index in [1.165, 1.54) is 18.6 Å². The zero-order valence-electron chi connectivity index (χ0n) is 23.8. The number of benzene rings is 2. The van der Waals surface area contributed by atoms with Crippen molar-refractivity contribution in [1.82, 2.24) is 15.2 Å². The summed E-state index contributed by atoms with van der Waals surface area (Å²) < 4.78 is 16.7. The van der Waals surface area contributed by atoms with Crippen LogP contribution in [0.25, 0.3) is 10.9 Å². The monoisotopic (exact) mass is 583 g/mol. The minimum atomic E-state index is -0.542. The fraction of sp³-hybridized carbons (Fsp3) is 0.400. The molecule has 0 aliphatic rings. The van der Waals surface area contributed by atoms with E-state index in [2.05, 4.69) is 10.6 Å². The third kappa shape index (κ3) is 9.56. The number of carbonyl (C=O) groups is 4. The third-order valence-corrected chi connectivity index (χ3v) is 7.44. The second-order valence-electron chi connectivity index (χ2n) is 9.62. The Morgan fingerprint density at radius 2 is 1.76 bits per heavy atom. The second kappa shape index (κ2) is 15.7. The Morgan fingerprint density at radius 3 is 2.44 bits per heavy atom. The SMILES string of the molecule is COC(=O)n1cc(C[C@@H](C)NC(=O)C(CCCNC(=O)OCc2ccc(OC)cc2)CSC(C)=O)c2ccccc21. The van der Waals surface area contributed by atoms with E-state index in [9.17, 15) is 19.2 Å². The van der Waals surface area contributed by atoms with Gasteiger partial charge in [0.25, 0.3) is 0 Å². The summed E-state index contributed by atoms with van der Waals surface area (Å²) in [5.41, 5.74) is 2.48. The Kier molecular flexibility index (Phi) is 12.1. The fourth-order valence-corrected chi connectivity index (χ4v) is 5.13. The number of amides is 2. The van der Waals surface area contributed by atoms with Crippen molar-refractivity contribution >= 4 is 45.9 Å². The number of hydrogen-bond donors (Lipinski definition) is 2. The number of carbonyl (C=O) groups excluding carboxylic acids is 4. The van der Waals surface area contributed by atoms with Gasteiger partial charge < -0.3 is 24.8 Å². The van der Waals surface area contributed by atoms with E-state index >= 15 is 0 Å². The number of thioether (sulfide) groups is 1. The molecule has 0 spiro atoms. The number of rotatable bonds is 13. The number of ether oxygens (including phenoxy) is 3. The summed E-state index contributed by atoms with van der Waals surface area (Å²) in [6.45, 7) is 3.84. The molecule has 2 atom stereocenters. The van der Waals surface area contributed by atoms with Gasteiger partial charge in [-0.1, -0.05) is 42.1 Å². The van der Waals surface area contributed by atoms with Crippen molar-refractivity contribution in [3.05, 3.63) is 65.9 Å². The lowest BCUT2D eigenvalue weighted by Crippen LogP contribution is -2.39. The van der Waals surface area contributed by atoms with Gasteiger partial charge in [0.1, 0.15) is 12.4 Å². The van der Waals surface area contributed by atoms with Crippen LogP contribution in [-0.4, -0.2) is 60.3 Å². The highest BCUT2D eigenvalue weighted by Crippen LogP contribution is 2.23. The maximum absolute atomic E-state index is 13.2. The smallest absolute Gasteiger partial charge is 0.418 e. The van der Waals surface area contributed by atoms with Crippen LogP contribution in [0.5, 0.6) is 5.75 Å². The Bertz CT molecular complexity index is 1340. The molecule has 3 rings (SSSR count). The molecule has 10 nitrogen and oxygen atoms in total. The Balaban J connectivity index is 1.50. The van der Waals surface area contributed by atoms with E-state index in [4.69, 9.17) is 14.2 Å². The number of nitrogens with zero attached hydrogens (tertiary/aromatic N) is 1. The van der Waals surface area contributed by atoms with Gasteiger partial charge in [-0.2, -0.15) is 0 Å². The van der Waals surface area contributed by atoms with Gasteiger partial charge in [-0.3, -0.25) is 14.2 Å². The average Bonchev–Trinajstić information content (AvgIpc) is 3.33. The zero-order chi connectivity index (χ0) is 29.8. The van der Waals surface area contributed by atoms with E-state index in [-0.39, 0.29) is 23.7 Å². The zero-order valence-corrected chi connectivity index (χ0v) is 24.6. The average molecular weight is 584 g/mol. The first-order valence-corrected chi connectivity index (χ1v) is 14.3. The summed E-state index contributed by atoms with van der Waals surface area (Å²) >= 11 is 1.11. The van der Waals surface area contributed by atoms with Gasteiger partial charge in [0.2, 0.25) is 5.91 Å². The van der Waals surface area contributed by atoms with Gasteiger partial charge in [0.05, 0.1) is 19.7 Å². The lowest BCUT2D eigenvalue weighted by molar-refractivity contribution is -0.125. The maximum atomic E-state index is 13.2. The van der Waals surface area contributed by atoms with Gasteiger partial charge in [0.15, 0.2) is 5.12 Å². The number of hydrogen-bond acceptors (Lipinski definition) is 8. The summed E-state index contributed by atoms with van der Waals surface area (Å²) in [6, 6.07) is 14.5. The number of methoxy groups -OCH3 is 2. The van der Waals surface area contributed by atoms with Crippen LogP contribution >= 0.6 is 11.8 Å². The van der Waals surface area contributed by atoms with Crippen molar-refractivity contribution in [1.29, 1.82) is 0 Å². The molecule has 1 unspecified atom stereocenters. The second-order valence-corrected chi connectivity index (χ2v) is 10.8. The molecular formula is C30H37N3O7S. The van der Waals surface area contributed by atoms with Crippen molar-refractivity contribution in [3.8, 4) is 5.75 Å². The highest BCUT2D eigenvalue weighted by molar-refractivity contribution is 8.13. The van der Waals surface area contributed by atoms with Crippen molar-refractivity contribution in [2.45, 2.75) is 45.8 Å². The van der Waals surface area contributed by atoms with Crippen LogP contribution < -0.4 is 15.4 Å². The Labute approximate surface area is 244 Å². The lowest BCUT2D eigenvalue weighted by Gasteiger charge is -2.20. The van der Waals surface area contributed by atoms with Crippen molar-refractivity contribution < 1.29 is 33.4 Å². The largest absolute Gasteiger partial charge is 0.497 e. The van der Waals surface area contributed by atoms with E-state index < -0.39 is 18.1 Å². The Morgan fingerprint density at radius 1 is 1.02 bits per heavy atom. The van der Waals surface area contributed by atoms with Crippen LogP contribution in [0.2, 0.25) is 0 Å². The molecule has 0 aliphatic carbocycles. The predicted octanol–water partition coefficient (Wildman–Crippen LogP) is 4.91. The highest BCUT2D eigenvalue weighted by Gasteiger charge is 2.22. The molecule has 220 valence electrons. The number of aromatic nitrogens is 1. The molecule has 11 heteroatoms. The molecule has 0 saturated carbocycles. The van der Waals surface area contributed by atoms with Crippen LogP contribution in [-0.2, 0) is 32.1 Å². The molecule has 1 aromatic heterocycles. The molecule has 0 saturated heterocycles. The normalized spacial score (nSPS) is 12.3. The number of alkyl carbamates (subject to hydrolysis) is 1. The first-order valence-electron chi connectivity index (χ1n) is 13.4.